The fraction of sp³-hybridized carbons (Fsp3) is 0.474. The maximum Gasteiger partial charge on any atom is 0.437 e. The van der Waals surface area contributed by atoms with Crippen molar-refractivity contribution in [3.8, 4) is 0 Å². The average Bonchev–Trinajstić information content (AvgIpc) is 3.52. The van der Waals surface area contributed by atoms with Crippen LogP contribution in [0.5, 0.6) is 0 Å². The largest absolute Gasteiger partial charge is 0.444 e. The number of aliphatic imine (C=N–C) groups is 2. The van der Waals surface area contributed by atoms with Crippen LogP contribution in [0.15, 0.2) is 57.8 Å². The van der Waals surface area contributed by atoms with Crippen LogP contribution in [0.25, 0.3) is 11.1 Å². The van der Waals surface area contributed by atoms with Crippen LogP contribution in [0.1, 0.15) is 96.0 Å². The number of anilines is 1. The predicted octanol–water partition coefficient (Wildman–Crippen LogP) is 7.96. The maximum absolute atomic E-state index is 13.1. The molecular weight excluding hydrogens is 685 g/mol. The SMILES string of the molecule is CC(C)(C)OC(=O)N=CN1CC=C(c2csc(C(=O)Nc3ccc(C4=CCN(C(=NC(=O)OC(C)(C)C)NC(=O)OC(C)(C)C)CC4)cc3)c2)CC1. The first-order valence-corrected chi connectivity index (χ1v) is 18.1. The normalized spacial score (nSPS) is 15.8. The van der Waals surface area contributed by atoms with Crippen molar-refractivity contribution in [3.05, 3.63) is 63.9 Å². The zero-order valence-electron chi connectivity index (χ0n) is 31.5. The molecule has 4 rings (SSSR count). The molecule has 0 saturated carbocycles. The predicted molar refractivity (Wildman–Crippen MR) is 205 cm³/mol. The van der Waals surface area contributed by atoms with Gasteiger partial charge in [0.05, 0.1) is 11.2 Å². The summed E-state index contributed by atoms with van der Waals surface area (Å²) in [7, 11) is 0. The number of rotatable bonds is 5. The Hall–Kier alpha value is -4.98. The summed E-state index contributed by atoms with van der Waals surface area (Å²) in [5, 5.41) is 7.59. The fourth-order valence-corrected chi connectivity index (χ4v) is 5.95. The maximum atomic E-state index is 13.1. The van der Waals surface area contributed by atoms with Gasteiger partial charge in [-0.2, -0.15) is 4.99 Å². The Morgan fingerprint density at radius 1 is 0.769 bits per heavy atom. The van der Waals surface area contributed by atoms with Crippen LogP contribution in [-0.2, 0) is 14.2 Å². The van der Waals surface area contributed by atoms with Gasteiger partial charge < -0.3 is 29.3 Å². The number of hydrogen-bond donors (Lipinski definition) is 2. The third-order valence-electron chi connectivity index (χ3n) is 7.38. The number of hydrogen-bond acceptors (Lipinski definition) is 8. The molecule has 0 fully saturated rings. The van der Waals surface area contributed by atoms with Crippen molar-refractivity contribution in [1.82, 2.24) is 15.1 Å². The van der Waals surface area contributed by atoms with E-state index in [1.165, 1.54) is 17.7 Å². The second-order valence-corrected chi connectivity index (χ2v) is 16.3. The number of benzene rings is 1. The Morgan fingerprint density at radius 3 is 1.94 bits per heavy atom. The van der Waals surface area contributed by atoms with Crippen LogP contribution >= 0.6 is 11.3 Å². The molecule has 2 N–H and O–H groups in total. The average molecular weight is 735 g/mol. The number of nitrogens with zero attached hydrogens (tertiary/aromatic N) is 4. The Kier molecular flexibility index (Phi) is 12.7. The summed E-state index contributed by atoms with van der Waals surface area (Å²) in [6.07, 6.45) is 4.84. The molecule has 14 heteroatoms. The fourth-order valence-electron chi connectivity index (χ4n) is 5.12. The number of alkyl carbamates (subject to hydrolysis) is 1. The van der Waals surface area contributed by atoms with Crippen molar-refractivity contribution < 1.29 is 33.4 Å². The van der Waals surface area contributed by atoms with Gasteiger partial charge in [-0.1, -0.05) is 24.3 Å². The molecule has 0 bridgehead atoms. The molecule has 2 aromatic rings. The van der Waals surface area contributed by atoms with Gasteiger partial charge >= 0.3 is 18.3 Å². The minimum absolute atomic E-state index is 0.0556. The number of ether oxygens (including phenoxy) is 3. The summed E-state index contributed by atoms with van der Waals surface area (Å²) in [5.74, 6) is -0.131. The van der Waals surface area contributed by atoms with E-state index in [0.29, 0.717) is 43.2 Å². The molecule has 2 aliphatic heterocycles. The molecule has 1 aromatic carbocycles. The van der Waals surface area contributed by atoms with Crippen molar-refractivity contribution in [2.24, 2.45) is 9.98 Å². The minimum Gasteiger partial charge on any atom is -0.444 e. The van der Waals surface area contributed by atoms with E-state index in [9.17, 15) is 19.2 Å². The van der Waals surface area contributed by atoms with E-state index in [2.05, 4.69) is 26.7 Å². The van der Waals surface area contributed by atoms with Gasteiger partial charge in [-0.05, 0) is 121 Å². The lowest BCUT2D eigenvalue weighted by molar-refractivity contribution is 0.0551. The first kappa shape index (κ1) is 39.8. The smallest absolute Gasteiger partial charge is 0.437 e. The highest BCUT2D eigenvalue weighted by Gasteiger charge is 2.25. The number of nitrogens with one attached hydrogen (secondary N) is 2. The molecule has 280 valence electrons. The topological polar surface area (TPSA) is 151 Å². The molecule has 52 heavy (non-hydrogen) atoms. The lowest BCUT2D eigenvalue weighted by Gasteiger charge is -2.30. The van der Waals surface area contributed by atoms with E-state index < -0.39 is 35.1 Å². The highest BCUT2D eigenvalue weighted by atomic mass is 32.1. The molecule has 0 atom stereocenters. The lowest BCUT2D eigenvalue weighted by Crippen LogP contribution is -2.48. The van der Waals surface area contributed by atoms with Crippen LogP contribution in [0.3, 0.4) is 0 Å². The standard InChI is InChI=1S/C38H50N6O7S/c1-36(2,3)49-33(46)39-24-43-18-14-27(15-19-43)28-22-30(52-23-28)31(45)40-29-12-10-25(11-13-29)26-16-20-44(21-17-26)32(41-34(47)50-37(4,5)6)42-35(48)51-38(7,8)9/h10-14,16,22-24H,15,17-21H2,1-9H3,(H,40,45)(H,41,42,47,48). The quantitative estimate of drug-likeness (QED) is 0.177. The summed E-state index contributed by atoms with van der Waals surface area (Å²) in [4.78, 5) is 62.3. The van der Waals surface area contributed by atoms with Crippen molar-refractivity contribution in [2.75, 3.05) is 31.5 Å². The molecule has 0 unspecified atom stereocenters. The van der Waals surface area contributed by atoms with Gasteiger partial charge in [0, 0.05) is 31.9 Å². The second kappa shape index (κ2) is 16.6. The van der Waals surface area contributed by atoms with Gasteiger partial charge in [-0.15, -0.1) is 16.3 Å². The Morgan fingerprint density at radius 2 is 1.37 bits per heavy atom. The summed E-state index contributed by atoms with van der Waals surface area (Å²) in [5.41, 5.74) is 2.84. The van der Waals surface area contributed by atoms with Crippen LogP contribution in [0, 0.1) is 0 Å². The molecule has 0 radical (unpaired) electrons. The van der Waals surface area contributed by atoms with Crippen LogP contribution < -0.4 is 10.6 Å². The van der Waals surface area contributed by atoms with Crippen molar-refractivity contribution in [2.45, 2.75) is 92.0 Å². The molecule has 13 nitrogen and oxygen atoms in total. The Balaban J connectivity index is 1.33. The lowest BCUT2D eigenvalue weighted by atomic mass is 9.99. The minimum atomic E-state index is -0.814. The first-order valence-electron chi connectivity index (χ1n) is 17.2. The number of amides is 4. The van der Waals surface area contributed by atoms with Crippen LogP contribution in [0.4, 0.5) is 20.1 Å². The van der Waals surface area contributed by atoms with Crippen molar-refractivity contribution >= 4 is 64.7 Å². The van der Waals surface area contributed by atoms with Gasteiger partial charge in [-0.25, -0.2) is 14.4 Å². The molecule has 1 aromatic heterocycles. The third kappa shape index (κ3) is 13.0. The Bertz CT molecular complexity index is 1750. The molecule has 4 amide bonds. The molecule has 0 aliphatic carbocycles. The van der Waals surface area contributed by atoms with Crippen LogP contribution in [-0.4, -0.2) is 89.3 Å². The summed E-state index contributed by atoms with van der Waals surface area (Å²) in [6.45, 7) is 18.0. The monoisotopic (exact) mass is 734 g/mol. The molecular formula is C38H50N6O7S. The number of guanidine groups is 1. The van der Waals surface area contributed by atoms with Gasteiger partial charge in [0.1, 0.15) is 16.8 Å². The van der Waals surface area contributed by atoms with Crippen LogP contribution in [0.2, 0.25) is 0 Å². The van der Waals surface area contributed by atoms with E-state index in [0.717, 1.165) is 28.7 Å². The van der Waals surface area contributed by atoms with E-state index in [-0.39, 0.29) is 11.9 Å². The number of carbonyl (C=O) groups is 4. The molecule has 2 aliphatic rings. The third-order valence-corrected chi connectivity index (χ3v) is 8.31. The van der Waals surface area contributed by atoms with Crippen molar-refractivity contribution in [1.29, 1.82) is 0 Å². The van der Waals surface area contributed by atoms with Gasteiger partial charge in [0.15, 0.2) is 0 Å². The molecule has 0 spiro atoms. The van der Waals surface area contributed by atoms with Gasteiger partial charge in [-0.3, -0.25) is 10.1 Å². The van der Waals surface area contributed by atoms with Crippen molar-refractivity contribution in [3.63, 3.8) is 0 Å². The number of carbonyl (C=O) groups excluding carboxylic acids is 4. The van der Waals surface area contributed by atoms with Gasteiger partial charge in [0.2, 0.25) is 5.96 Å². The highest BCUT2D eigenvalue weighted by molar-refractivity contribution is 7.12. The number of thiophene rings is 1. The van der Waals surface area contributed by atoms with E-state index in [1.54, 1.807) is 67.2 Å². The van der Waals surface area contributed by atoms with E-state index in [4.69, 9.17) is 14.2 Å². The Labute approximate surface area is 309 Å². The van der Waals surface area contributed by atoms with Gasteiger partial charge in [0.25, 0.3) is 5.91 Å². The summed E-state index contributed by atoms with van der Waals surface area (Å²) in [6, 6.07) is 9.55. The first-order chi connectivity index (χ1) is 24.2. The summed E-state index contributed by atoms with van der Waals surface area (Å²) >= 11 is 1.39. The zero-order chi connectivity index (χ0) is 38.3. The zero-order valence-corrected chi connectivity index (χ0v) is 32.3. The second-order valence-electron chi connectivity index (χ2n) is 15.4. The molecule has 0 saturated heterocycles. The summed E-state index contributed by atoms with van der Waals surface area (Å²) < 4.78 is 15.9. The van der Waals surface area contributed by atoms with E-state index >= 15 is 0 Å². The highest BCUT2D eigenvalue weighted by Crippen LogP contribution is 2.28. The van der Waals surface area contributed by atoms with E-state index in [1.807, 2.05) is 46.7 Å². The molecule has 3 heterocycles.